The van der Waals surface area contributed by atoms with Crippen molar-refractivity contribution < 1.29 is 28.6 Å². The van der Waals surface area contributed by atoms with Gasteiger partial charge in [0, 0.05) is 19.3 Å². The van der Waals surface area contributed by atoms with Gasteiger partial charge in [-0.05, 0) is 135 Å². The molecule has 6 nitrogen and oxygen atoms in total. The minimum absolute atomic E-state index is 0.110. The van der Waals surface area contributed by atoms with Gasteiger partial charge >= 0.3 is 17.9 Å². The molecule has 0 N–H and O–H groups in total. The van der Waals surface area contributed by atoms with Crippen LogP contribution in [0.5, 0.6) is 0 Å². The minimum atomic E-state index is -0.816. The second-order valence-corrected chi connectivity index (χ2v) is 18.8. The van der Waals surface area contributed by atoms with Gasteiger partial charge in [0.15, 0.2) is 6.10 Å². The van der Waals surface area contributed by atoms with E-state index in [9.17, 15) is 14.4 Å². The van der Waals surface area contributed by atoms with E-state index in [1.165, 1.54) is 38.5 Å². The van der Waals surface area contributed by atoms with Crippen LogP contribution >= 0.6 is 0 Å². The van der Waals surface area contributed by atoms with Crippen LogP contribution in [0.15, 0.2) is 146 Å². The molecule has 73 heavy (non-hydrogen) atoms. The monoisotopic (exact) mass is 1010 g/mol. The minimum Gasteiger partial charge on any atom is -0.462 e. The number of hydrogen-bond donors (Lipinski definition) is 0. The number of allylic oxidation sites excluding steroid dienone is 24. The predicted octanol–water partition coefficient (Wildman–Crippen LogP) is 20.0. The topological polar surface area (TPSA) is 78.9 Å². The van der Waals surface area contributed by atoms with Gasteiger partial charge in [-0.25, -0.2) is 0 Å². The van der Waals surface area contributed by atoms with Crippen LogP contribution < -0.4 is 0 Å². The molecule has 0 fully saturated rings. The summed E-state index contributed by atoms with van der Waals surface area (Å²) in [5.74, 6) is -0.989. The largest absolute Gasteiger partial charge is 0.462 e. The smallest absolute Gasteiger partial charge is 0.306 e. The number of esters is 3. The summed E-state index contributed by atoms with van der Waals surface area (Å²) in [6.07, 6.45) is 85.5. The first-order chi connectivity index (χ1) is 36.0. The molecule has 0 saturated carbocycles. The summed E-state index contributed by atoms with van der Waals surface area (Å²) in [6.45, 7) is 6.37. The molecule has 6 heteroatoms. The fourth-order valence-electron chi connectivity index (χ4n) is 7.37. The maximum Gasteiger partial charge on any atom is 0.306 e. The highest BCUT2D eigenvalue weighted by atomic mass is 16.6. The quantitative estimate of drug-likeness (QED) is 0.0261. The second kappa shape index (κ2) is 59.8. The van der Waals surface area contributed by atoms with Gasteiger partial charge in [0.05, 0.1) is 0 Å². The van der Waals surface area contributed by atoms with Gasteiger partial charge in [0.25, 0.3) is 0 Å². The third-order valence-corrected chi connectivity index (χ3v) is 11.8. The van der Waals surface area contributed by atoms with Gasteiger partial charge < -0.3 is 14.2 Å². The van der Waals surface area contributed by atoms with Gasteiger partial charge in [-0.2, -0.15) is 0 Å². The van der Waals surface area contributed by atoms with E-state index in [2.05, 4.69) is 167 Å². The van der Waals surface area contributed by atoms with Crippen molar-refractivity contribution in [1.29, 1.82) is 0 Å². The molecule has 0 aromatic heterocycles. The van der Waals surface area contributed by atoms with E-state index >= 15 is 0 Å². The molecule has 0 aliphatic rings. The van der Waals surface area contributed by atoms with Crippen LogP contribution in [0.3, 0.4) is 0 Å². The normalized spacial score (nSPS) is 13.2. The average molecular weight is 1010 g/mol. The van der Waals surface area contributed by atoms with Crippen molar-refractivity contribution in [3.63, 3.8) is 0 Å². The molecular weight excluding hydrogens is 901 g/mol. The van der Waals surface area contributed by atoms with E-state index in [0.29, 0.717) is 25.7 Å². The number of carbonyl (C=O) groups excluding carboxylic acids is 3. The molecule has 1 atom stereocenters. The Morgan fingerprint density at radius 1 is 0.288 bits per heavy atom. The Bertz CT molecular complexity index is 1630. The lowest BCUT2D eigenvalue weighted by atomic mass is 10.1. The van der Waals surface area contributed by atoms with Gasteiger partial charge in [-0.1, -0.05) is 231 Å². The Kier molecular flexibility index (Phi) is 56.0. The number of unbranched alkanes of at least 4 members (excludes halogenated alkanes) is 16. The van der Waals surface area contributed by atoms with E-state index in [-0.39, 0.29) is 31.1 Å². The fraction of sp³-hybridized carbons (Fsp3) is 0.597. The van der Waals surface area contributed by atoms with Crippen LogP contribution in [0.1, 0.15) is 239 Å². The summed E-state index contributed by atoms with van der Waals surface area (Å²) in [4.78, 5) is 38.1. The third-order valence-electron chi connectivity index (χ3n) is 11.8. The molecule has 0 aliphatic carbocycles. The van der Waals surface area contributed by atoms with Crippen molar-refractivity contribution in [3.05, 3.63) is 146 Å². The Labute approximate surface area is 448 Å². The van der Waals surface area contributed by atoms with E-state index in [1.54, 1.807) is 0 Å². The highest BCUT2D eigenvalue weighted by molar-refractivity contribution is 5.71. The summed E-state index contributed by atoms with van der Waals surface area (Å²) in [7, 11) is 0. The predicted molar refractivity (Wildman–Crippen MR) is 315 cm³/mol. The number of carbonyl (C=O) groups is 3. The average Bonchev–Trinajstić information content (AvgIpc) is 3.39. The zero-order valence-corrected chi connectivity index (χ0v) is 46.8. The maximum absolute atomic E-state index is 12.8. The lowest BCUT2D eigenvalue weighted by molar-refractivity contribution is -0.167. The van der Waals surface area contributed by atoms with Crippen molar-refractivity contribution in [2.75, 3.05) is 13.2 Å². The molecule has 410 valence electrons. The first-order valence-corrected chi connectivity index (χ1v) is 29.3. The molecule has 0 heterocycles. The first-order valence-electron chi connectivity index (χ1n) is 29.3. The van der Waals surface area contributed by atoms with Gasteiger partial charge in [-0.3, -0.25) is 14.4 Å². The van der Waals surface area contributed by atoms with Gasteiger partial charge in [-0.15, -0.1) is 0 Å². The molecule has 0 rings (SSSR count). The first kappa shape index (κ1) is 68.3. The van der Waals surface area contributed by atoms with Crippen molar-refractivity contribution >= 4 is 17.9 Å². The summed E-state index contributed by atoms with van der Waals surface area (Å²) in [5, 5.41) is 0. The number of ether oxygens (including phenoxy) is 3. The lowest BCUT2D eigenvalue weighted by Gasteiger charge is -2.18. The van der Waals surface area contributed by atoms with E-state index in [0.717, 1.165) is 154 Å². The van der Waals surface area contributed by atoms with Crippen LogP contribution in [0.2, 0.25) is 0 Å². The fourth-order valence-corrected chi connectivity index (χ4v) is 7.37. The molecule has 0 radical (unpaired) electrons. The highest BCUT2D eigenvalue weighted by Gasteiger charge is 2.19. The Hall–Kier alpha value is -4.71. The number of rotatable bonds is 51. The summed E-state index contributed by atoms with van der Waals surface area (Å²) < 4.78 is 16.8. The SMILES string of the molecule is CC/C=C\C/C=C\C/C=C\C/C=C\C/C=C\C/C=C\C/C=C\C/C=C\CCCCC(=O)OCC(COC(=O)CCCCCCC/C=C\C/C=C\CCCC)OC(=O)CCCCCCC/C=C\C/C=C\CCCC. The lowest BCUT2D eigenvalue weighted by Crippen LogP contribution is -2.30. The van der Waals surface area contributed by atoms with E-state index in [4.69, 9.17) is 14.2 Å². The molecule has 0 spiro atoms. The molecule has 0 aromatic carbocycles. The highest BCUT2D eigenvalue weighted by Crippen LogP contribution is 2.13. The van der Waals surface area contributed by atoms with E-state index in [1.807, 2.05) is 0 Å². The molecule has 0 aliphatic heterocycles. The van der Waals surface area contributed by atoms with Crippen LogP contribution in [0.4, 0.5) is 0 Å². The third kappa shape index (κ3) is 58.1. The van der Waals surface area contributed by atoms with Crippen LogP contribution in [0.25, 0.3) is 0 Å². The van der Waals surface area contributed by atoms with Crippen molar-refractivity contribution in [1.82, 2.24) is 0 Å². The second-order valence-electron chi connectivity index (χ2n) is 18.8. The van der Waals surface area contributed by atoms with E-state index < -0.39 is 6.10 Å². The molecule has 0 saturated heterocycles. The Morgan fingerprint density at radius 2 is 0.534 bits per heavy atom. The summed E-state index contributed by atoms with van der Waals surface area (Å²) >= 11 is 0. The zero-order chi connectivity index (χ0) is 52.9. The van der Waals surface area contributed by atoms with Crippen LogP contribution in [-0.2, 0) is 28.6 Å². The van der Waals surface area contributed by atoms with Crippen LogP contribution in [0, 0.1) is 0 Å². The summed E-state index contributed by atoms with van der Waals surface area (Å²) in [6, 6.07) is 0. The zero-order valence-electron chi connectivity index (χ0n) is 46.8. The van der Waals surface area contributed by atoms with Crippen molar-refractivity contribution in [2.45, 2.75) is 245 Å². The standard InChI is InChI=1S/C67H106O6/c1-4-7-10-13-16-19-22-25-28-29-30-31-32-33-34-35-36-37-38-39-40-43-45-48-51-54-57-60-66(69)72-63-64(73-67(70)61-58-55-52-49-46-42-27-24-21-18-15-12-9-6-3)62-71-65(68)59-56-53-50-47-44-41-26-23-20-17-14-11-8-5-2/h7,10,14-19,23-28,30-31,33-34,36-37,39-40,45,48,64H,4-6,8-9,11-13,20-22,29,32,35,38,41-44,46-47,49-63H2,1-3H3/b10-7-,17-14-,18-15-,19-16-,26-23-,27-24-,28-25-,31-30-,34-33-,37-36-,40-39-,48-45-. The van der Waals surface area contributed by atoms with Gasteiger partial charge in [0.1, 0.15) is 13.2 Å². The van der Waals surface area contributed by atoms with Crippen molar-refractivity contribution in [2.24, 2.45) is 0 Å². The Morgan fingerprint density at radius 3 is 0.863 bits per heavy atom. The molecular formula is C67H106O6. The van der Waals surface area contributed by atoms with Crippen LogP contribution in [-0.4, -0.2) is 37.2 Å². The van der Waals surface area contributed by atoms with Crippen molar-refractivity contribution in [3.8, 4) is 0 Å². The Balaban J connectivity index is 4.47. The number of hydrogen-bond acceptors (Lipinski definition) is 6. The molecule has 0 amide bonds. The molecule has 1 unspecified atom stereocenters. The van der Waals surface area contributed by atoms with Gasteiger partial charge in [0.2, 0.25) is 0 Å². The molecule has 0 bridgehead atoms. The maximum atomic E-state index is 12.8. The molecule has 0 aromatic rings. The summed E-state index contributed by atoms with van der Waals surface area (Å²) in [5.41, 5.74) is 0.